The first-order valence-corrected chi connectivity index (χ1v) is 9.96. The Hall–Kier alpha value is -4.17. The predicted molar refractivity (Wildman–Crippen MR) is 124 cm³/mol. The third-order valence-electron chi connectivity index (χ3n) is 4.64. The van der Waals surface area contributed by atoms with Crippen LogP contribution in [0.15, 0.2) is 82.3 Å². The fourth-order valence-electron chi connectivity index (χ4n) is 3.07. The molecule has 0 aliphatic rings. The molecule has 0 atom stereocenters. The van der Waals surface area contributed by atoms with Crippen LogP contribution in [0.25, 0.3) is 22.1 Å². The molecule has 3 aromatic carbocycles. The van der Waals surface area contributed by atoms with Gasteiger partial charge in [0, 0.05) is 23.4 Å². The highest BCUT2D eigenvalue weighted by Gasteiger charge is 2.13. The number of anilines is 1. The number of non-ortho nitro benzene ring substituents is 1. The van der Waals surface area contributed by atoms with Gasteiger partial charge in [0.1, 0.15) is 11.5 Å². The van der Waals surface area contributed by atoms with Crippen molar-refractivity contribution in [3.63, 3.8) is 0 Å². The standard InChI is InChI=1S/C23H17ClN4O4/c24-21-12-18(28(30)31)7-9-20(21)22-10-8-19(32-22)13-26-27-23(29)14-25-17-6-5-15-3-1-2-4-16(15)11-17/h1-13,25H,14H2,(H,27,29). The summed E-state index contributed by atoms with van der Waals surface area (Å²) < 4.78 is 5.63. The average molecular weight is 449 g/mol. The number of nitrogens with one attached hydrogen (secondary N) is 2. The van der Waals surface area contributed by atoms with Crippen LogP contribution in [0, 0.1) is 10.1 Å². The zero-order chi connectivity index (χ0) is 22.5. The maximum absolute atomic E-state index is 12.0. The molecule has 0 saturated carbocycles. The van der Waals surface area contributed by atoms with Gasteiger partial charge < -0.3 is 9.73 Å². The summed E-state index contributed by atoms with van der Waals surface area (Å²) in [7, 11) is 0. The molecule has 0 saturated heterocycles. The molecule has 0 spiro atoms. The lowest BCUT2D eigenvalue weighted by molar-refractivity contribution is -0.384. The van der Waals surface area contributed by atoms with Gasteiger partial charge in [0.2, 0.25) is 0 Å². The second-order valence-corrected chi connectivity index (χ2v) is 7.24. The Morgan fingerprint density at radius 3 is 2.66 bits per heavy atom. The topological polar surface area (TPSA) is 110 Å². The zero-order valence-electron chi connectivity index (χ0n) is 16.6. The van der Waals surface area contributed by atoms with E-state index in [4.69, 9.17) is 16.0 Å². The third kappa shape index (κ3) is 4.93. The Morgan fingerprint density at radius 2 is 1.88 bits per heavy atom. The molecule has 9 heteroatoms. The summed E-state index contributed by atoms with van der Waals surface area (Å²) in [5.41, 5.74) is 3.67. The van der Waals surface area contributed by atoms with E-state index in [1.54, 1.807) is 12.1 Å². The average Bonchev–Trinajstić information content (AvgIpc) is 3.26. The van der Waals surface area contributed by atoms with Crippen molar-refractivity contribution in [1.29, 1.82) is 0 Å². The Balaban J connectivity index is 1.32. The first-order valence-electron chi connectivity index (χ1n) is 9.58. The molecule has 4 aromatic rings. The summed E-state index contributed by atoms with van der Waals surface area (Å²) in [6.45, 7) is 0.0531. The first kappa shape index (κ1) is 21.1. The number of nitrogens with zero attached hydrogens (tertiary/aromatic N) is 2. The molecular weight excluding hydrogens is 432 g/mol. The van der Waals surface area contributed by atoms with Crippen LogP contribution in [-0.4, -0.2) is 23.6 Å². The number of hydrogen-bond acceptors (Lipinski definition) is 6. The van der Waals surface area contributed by atoms with Gasteiger partial charge in [-0.3, -0.25) is 14.9 Å². The Kier molecular flexibility index (Phi) is 6.14. The highest BCUT2D eigenvalue weighted by molar-refractivity contribution is 6.33. The molecule has 4 rings (SSSR count). The molecule has 2 N–H and O–H groups in total. The highest BCUT2D eigenvalue weighted by Crippen LogP contribution is 2.32. The van der Waals surface area contributed by atoms with Gasteiger partial charge in [-0.15, -0.1) is 0 Å². The van der Waals surface area contributed by atoms with E-state index in [0.717, 1.165) is 16.5 Å². The molecule has 1 aromatic heterocycles. The number of carbonyl (C=O) groups is 1. The molecule has 0 bridgehead atoms. The van der Waals surface area contributed by atoms with Gasteiger partial charge in [-0.2, -0.15) is 5.10 Å². The molecule has 0 radical (unpaired) electrons. The lowest BCUT2D eigenvalue weighted by Crippen LogP contribution is -2.25. The number of nitro benzene ring substituents is 1. The number of benzene rings is 3. The fourth-order valence-corrected chi connectivity index (χ4v) is 3.34. The van der Waals surface area contributed by atoms with E-state index in [-0.39, 0.29) is 23.2 Å². The predicted octanol–water partition coefficient (Wildman–Crippen LogP) is 5.22. The van der Waals surface area contributed by atoms with E-state index in [9.17, 15) is 14.9 Å². The molecule has 1 heterocycles. The lowest BCUT2D eigenvalue weighted by Gasteiger charge is -2.06. The Morgan fingerprint density at radius 1 is 1.06 bits per heavy atom. The van der Waals surface area contributed by atoms with Crippen LogP contribution in [0.2, 0.25) is 5.02 Å². The summed E-state index contributed by atoms with van der Waals surface area (Å²) in [5.74, 6) is 0.493. The van der Waals surface area contributed by atoms with Gasteiger partial charge in [0.15, 0.2) is 0 Å². The van der Waals surface area contributed by atoms with Gasteiger partial charge >= 0.3 is 0 Å². The van der Waals surface area contributed by atoms with E-state index in [1.165, 1.54) is 24.4 Å². The smallest absolute Gasteiger partial charge is 0.270 e. The maximum atomic E-state index is 12.0. The van der Waals surface area contributed by atoms with Crippen molar-refractivity contribution < 1.29 is 14.1 Å². The number of furan rings is 1. The molecular formula is C23H17ClN4O4. The monoisotopic (exact) mass is 448 g/mol. The van der Waals surface area contributed by atoms with Crippen molar-refractivity contribution in [2.24, 2.45) is 5.10 Å². The van der Waals surface area contributed by atoms with E-state index in [2.05, 4.69) is 15.8 Å². The largest absolute Gasteiger partial charge is 0.455 e. The van der Waals surface area contributed by atoms with Crippen molar-refractivity contribution >= 4 is 45.9 Å². The van der Waals surface area contributed by atoms with Crippen LogP contribution in [0.4, 0.5) is 11.4 Å². The molecule has 0 fully saturated rings. The number of hydrogen-bond donors (Lipinski definition) is 2. The van der Waals surface area contributed by atoms with Crippen molar-refractivity contribution in [2.75, 3.05) is 11.9 Å². The summed E-state index contributed by atoms with van der Waals surface area (Å²) in [5, 5.41) is 20.2. The quantitative estimate of drug-likeness (QED) is 0.229. The molecule has 160 valence electrons. The Bertz CT molecular complexity index is 1330. The number of halogens is 1. The fraction of sp³-hybridized carbons (Fsp3) is 0.0435. The van der Waals surface area contributed by atoms with Crippen LogP contribution in [-0.2, 0) is 4.79 Å². The number of amides is 1. The van der Waals surface area contributed by atoms with Crippen LogP contribution in [0.5, 0.6) is 0 Å². The zero-order valence-corrected chi connectivity index (χ0v) is 17.4. The minimum atomic E-state index is -0.520. The molecule has 32 heavy (non-hydrogen) atoms. The SMILES string of the molecule is O=C(CNc1ccc2ccccc2c1)NN=Cc1ccc(-c2ccc([N+](=O)[O-])cc2Cl)o1. The van der Waals surface area contributed by atoms with Crippen molar-refractivity contribution in [3.8, 4) is 11.3 Å². The van der Waals surface area contributed by atoms with Gasteiger partial charge in [0.05, 0.1) is 22.7 Å². The van der Waals surface area contributed by atoms with Crippen LogP contribution in [0.1, 0.15) is 5.76 Å². The maximum Gasteiger partial charge on any atom is 0.270 e. The minimum Gasteiger partial charge on any atom is -0.455 e. The lowest BCUT2D eigenvalue weighted by atomic mass is 10.1. The summed E-state index contributed by atoms with van der Waals surface area (Å²) in [6.07, 6.45) is 1.36. The van der Waals surface area contributed by atoms with E-state index < -0.39 is 4.92 Å². The van der Waals surface area contributed by atoms with E-state index in [1.807, 2.05) is 42.5 Å². The highest BCUT2D eigenvalue weighted by atomic mass is 35.5. The van der Waals surface area contributed by atoms with Crippen molar-refractivity contribution in [2.45, 2.75) is 0 Å². The van der Waals surface area contributed by atoms with Crippen LogP contribution < -0.4 is 10.7 Å². The number of fused-ring (bicyclic) bond motifs is 1. The molecule has 8 nitrogen and oxygen atoms in total. The van der Waals surface area contributed by atoms with Gasteiger partial charge in [0.25, 0.3) is 11.6 Å². The summed E-state index contributed by atoms with van der Waals surface area (Å²) in [6, 6.07) is 21.3. The van der Waals surface area contributed by atoms with Gasteiger partial charge in [-0.05, 0) is 41.1 Å². The van der Waals surface area contributed by atoms with Crippen LogP contribution in [0.3, 0.4) is 0 Å². The van der Waals surface area contributed by atoms with Gasteiger partial charge in [-0.25, -0.2) is 5.43 Å². The number of carbonyl (C=O) groups excluding carboxylic acids is 1. The second-order valence-electron chi connectivity index (χ2n) is 6.83. The number of nitro groups is 1. The summed E-state index contributed by atoms with van der Waals surface area (Å²) in [4.78, 5) is 22.3. The molecule has 0 aliphatic carbocycles. The van der Waals surface area contributed by atoms with Crippen molar-refractivity contribution in [1.82, 2.24) is 5.43 Å². The minimum absolute atomic E-state index is 0.0531. The van der Waals surface area contributed by atoms with E-state index >= 15 is 0 Å². The second kappa shape index (κ2) is 9.32. The number of hydrazone groups is 1. The summed E-state index contributed by atoms with van der Waals surface area (Å²) >= 11 is 6.12. The normalized spacial score (nSPS) is 11.0. The van der Waals surface area contributed by atoms with Crippen molar-refractivity contribution in [3.05, 3.63) is 93.7 Å². The number of rotatable bonds is 7. The Labute approximate surface area is 187 Å². The molecule has 0 unspecified atom stereocenters. The van der Waals surface area contributed by atoms with Gasteiger partial charge in [-0.1, -0.05) is 41.9 Å². The van der Waals surface area contributed by atoms with E-state index in [0.29, 0.717) is 17.1 Å². The molecule has 1 amide bonds. The third-order valence-corrected chi connectivity index (χ3v) is 4.95. The molecule has 0 aliphatic heterocycles. The first-order chi connectivity index (χ1) is 15.5. The van der Waals surface area contributed by atoms with Crippen LogP contribution >= 0.6 is 11.6 Å².